The van der Waals surface area contributed by atoms with Crippen LogP contribution in [-0.4, -0.2) is 87.1 Å². The van der Waals surface area contributed by atoms with Crippen molar-refractivity contribution < 1.29 is 14.2 Å². The fourth-order valence-electron chi connectivity index (χ4n) is 4.58. The van der Waals surface area contributed by atoms with E-state index in [1.165, 1.54) is 13.2 Å². The number of nitro groups is 1. The summed E-state index contributed by atoms with van der Waals surface area (Å²) in [4.78, 5) is 24.9. The number of hydrogen-bond acceptors (Lipinski definition) is 10. The van der Waals surface area contributed by atoms with Gasteiger partial charge in [-0.15, -0.1) is 4.31 Å². The molecular formula is C28H36N8O4S. The first-order chi connectivity index (χ1) is 19.7. The van der Waals surface area contributed by atoms with Crippen LogP contribution in [0.1, 0.15) is 13.8 Å². The van der Waals surface area contributed by atoms with E-state index in [-0.39, 0.29) is 11.6 Å². The van der Waals surface area contributed by atoms with Gasteiger partial charge in [-0.3, -0.25) is 10.1 Å². The summed E-state index contributed by atoms with van der Waals surface area (Å²) in [5, 5.41) is 16.1. The standard InChI is InChI=1S/C28H36N8O4S/c1-7-34(8-2)16-15-33(5)25-18-27(40-6)23(17-26(25)36(37)38)31-28-29-14-13-22(30-28)21-19-35(41(39)32(3)4)24-12-10-9-11-20(21)24/h9-14,17-19H,7-8,15-16H2,1-6H3,(H,29,30,31). The Morgan fingerprint density at radius 2 is 1.83 bits per heavy atom. The summed E-state index contributed by atoms with van der Waals surface area (Å²) in [6.07, 6.45) is 3.41. The zero-order valence-electron chi connectivity index (χ0n) is 24.2. The zero-order chi connectivity index (χ0) is 29.7. The molecule has 218 valence electrons. The molecule has 2 heterocycles. The number of methoxy groups -OCH3 is 1. The van der Waals surface area contributed by atoms with Gasteiger partial charge in [0.2, 0.25) is 5.95 Å². The molecule has 12 nitrogen and oxygen atoms in total. The van der Waals surface area contributed by atoms with Crippen molar-refractivity contribution in [1.29, 1.82) is 0 Å². The minimum atomic E-state index is -1.42. The Bertz CT molecular complexity index is 1510. The van der Waals surface area contributed by atoms with Crippen molar-refractivity contribution >= 4 is 45.5 Å². The second-order valence-electron chi connectivity index (χ2n) is 9.57. The first-order valence-corrected chi connectivity index (χ1v) is 14.3. The van der Waals surface area contributed by atoms with Gasteiger partial charge >= 0.3 is 0 Å². The molecule has 0 saturated carbocycles. The molecule has 0 spiro atoms. The average molecular weight is 581 g/mol. The Kier molecular flexibility index (Phi) is 9.65. The molecule has 1 N–H and O–H groups in total. The van der Waals surface area contributed by atoms with Crippen LogP contribution in [-0.2, 0) is 11.5 Å². The number of aromatic nitrogens is 3. The first kappa shape index (κ1) is 30.1. The van der Waals surface area contributed by atoms with Crippen LogP contribution in [0.4, 0.5) is 23.0 Å². The predicted octanol–water partition coefficient (Wildman–Crippen LogP) is 4.53. The molecule has 0 aliphatic carbocycles. The van der Waals surface area contributed by atoms with Gasteiger partial charge in [0.05, 0.1) is 29.6 Å². The Hall–Kier alpha value is -3.91. The second kappa shape index (κ2) is 13.2. The number of nitrogens with zero attached hydrogens (tertiary/aromatic N) is 7. The van der Waals surface area contributed by atoms with Crippen LogP contribution in [0.3, 0.4) is 0 Å². The second-order valence-corrected chi connectivity index (χ2v) is 11.2. The van der Waals surface area contributed by atoms with E-state index >= 15 is 0 Å². The number of rotatable bonds is 13. The van der Waals surface area contributed by atoms with E-state index in [4.69, 9.17) is 9.72 Å². The predicted molar refractivity (Wildman–Crippen MR) is 164 cm³/mol. The lowest BCUT2D eigenvalue weighted by molar-refractivity contribution is -0.384. The largest absolute Gasteiger partial charge is 0.573 e. The van der Waals surface area contributed by atoms with Crippen LogP contribution in [0.2, 0.25) is 0 Å². The zero-order valence-corrected chi connectivity index (χ0v) is 25.0. The van der Waals surface area contributed by atoms with Crippen LogP contribution >= 0.6 is 0 Å². The Balaban J connectivity index is 1.69. The van der Waals surface area contributed by atoms with Crippen molar-refractivity contribution in [1.82, 2.24) is 23.1 Å². The lowest BCUT2D eigenvalue weighted by Gasteiger charge is -2.25. The fraction of sp³-hybridized carbons (Fsp3) is 0.357. The summed E-state index contributed by atoms with van der Waals surface area (Å²) in [5.74, 6) is 0.663. The number of likely N-dealkylation sites (N-methyl/N-ethyl adjacent to an activating group) is 2. The van der Waals surface area contributed by atoms with Crippen LogP contribution in [0.15, 0.2) is 54.9 Å². The highest BCUT2D eigenvalue weighted by atomic mass is 32.2. The maximum atomic E-state index is 12.9. The van der Waals surface area contributed by atoms with Crippen LogP contribution < -0.4 is 15.0 Å². The van der Waals surface area contributed by atoms with E-state index in [0.717, 1.165) is 36.1 Å². The SMILES string of the molecule is CCN(CC)CCN(C)c1cc(OC)c(Nc2nccc(-c3cn([S+]([O-])N(C)C)c4ccccc34)n2)cc1[N+](=O)[O-]. The van der Waals surface area contributed by atoms with Gasteiger partial charge < -0.3 is 24.4 Å². The summed E-state index contributed by atoms with van der Waals surface area (Å²) in [6, 6.07) is 12.5. The van der Waals surface area contributed by atoms with Gasteiger partial charge in [-0.25, -0.2) is 9.97 Å². The highest BCUT2D eigenvalue weighted by Gasteiger charge is 2.24. The van der Waals surface area contributed by atoms with E-state index in [1.807, 2.05) is 36.2 Å². The number of para-hydroxylation sites is 1. The smallest absolute Gasteiger partial charge is 0.294 e. The third kappa shape index (κ3) is 6.54. The van der Waals surface area contributed by atoms with Gasteiger partial charge in [0.1, 0.15) is 17.0 Å². The van der Waals surface area contributed by atoms with Crippen molar-refractivity contribution in [2.45, 2.75) is 13.8 Å². The molecular weight excluding hydrogens is 544 g/mol. The number of anilines is 3. The molecule has 0 radical (unpaired) electrons. The molecule has 0 amide bonds. The molecule has 4 aromatic rings. The van der Waals surface area contributed by atoms with Gasteiger partial charge in [0.25, 0.3) is 5.69 Å². The van der Waals surface area contributed by atoms with Crippen molar-refractivity contribution in [3.05, 3.63) is 65.0 Å². The van der Waals surface area contributed by atoms with Crippen LogP contribution in [0.5, 0.6) is 5.75 Å². The van der Waals surface area contributed by atoms with E-state index in [1.54, 1.807) is 46.9 Å². The number of ether oxygens (including phenoxy) is 1. The average Bonchev–Trinajstić information content (AvgIpc) is 3.36. The Morgan fingerprint density at radius 1 is 1.10 bits per heavy atom. The monoisotopic (exact) mass is 580 g/mol. The van der Waals surface area contributed by atoms with E-state index in [2.05, 4.69) is 29.0 Å². The molecule has 0 aliphatic rings. The summed E-state index contributed by atoms with van der Waals surface area (Å²) >= 11 is -1.42. The molecule has 13 heteroatoms. The van der Waals surface area contributed by atoms with Gasteiger partial charge in [0, 0.05) is 63.5 Å². The molecule has 0 fully saturated rings. The van der Waals surface area contributed by atoms with Gasteiger partial charge in [-0.2, -0.15) is 3.97 Å². The lowest BCUT2D eigenvalue weighted by Crippen LogP contribution is -2.33. The number of benzene rings is 2. The minimum Gasteiger partial charge on any atom is -0.573 e. The third-order valence-electron chi connectivity index (χ3n) is 6.89. The molecule has 41 heavy (non-hydrogen) atoms. The highest BCUT2D eigenvalue weighted by molar-refractivity contribution is 7.87. The fourth-order valence-corrected chi connectivity index (χ4v) is 5.45. The summed E-state index contributed by atoms with van der Waals surface area (Å²) in [6.45, 7) is 7.40. The molecule has 2 aromatic carbocycles. The van der Waals surface area contributed by atoms with E-state index in [0.29, 0.717) is 29.4 Å². The first-order valence-electron chi connectivity index (χ1n) is 13.3. The maximum absolute atomic E-state index is 12.9. The quantitative estimate of drug-likeness (QED) is 0.137. The van der Waals surface area contributed by atoms with Crippen molar-refractivity contribution in [2.24, 2.45) is 0 Å². The summed E-state index contributed by atoms with van der Waals surface area (Å²) in [5.41, 5.74) is 2.97. The Morgan fingerprint density at radius 3 is 2.49 bits per heavy atom. The Labute approximate surface area is 243 Å². The highest BCUT2D eigenvalue weighted by Crippen LogP contribution is 2.39. The number of nitro benzene ring substituents is 1. The molecule has 1 atom stereocenters. The van der Waals surface area contributed by atoms with Gasteiger partial charge in [0.15, 0.2) is 11.5 Å². The molecule has 0 aliphatic heterocycles. The van der Waals surface area contributed by atoms with Crippen LogP contribution in [0.25, 0.3) is 22.2 Å². The molecule has 2 aromatic heterocycles. The van der Waals surface area contributed by atoms with E-state index < -0.39 is 16.5 Å². The topological polar surface area (TPSA) is 128 Å². The van der Waals surface area contributed by atoms with Crippen molar-refractivity contribution in [2.75, 3.05) is 64.6 Å². The minimum absolute atomic E-state index is 0.0549. The molecule has 0 saturated heterocycles. The van der Waals surface area contributed by atoms with Crippen molar-refractivity contribution in [3.8, 4) is 17.0 Å². The van der Waals surface area contributed by atoms with Gasteiger partial charge in [-0.1, -0.05) is 32.0 Å². The normalized spacial score (nSPS) is 12.2. The van der Waals surface area contributed by atoms with Crippen LogP contribution in [0, 0.1) is 10.1 Å². The number of fused-ring (bicyclic) bond motifs is 1. The third-order valence-corrected chi connectivity index (χ3v) is 8.15. The molecule has 0 bridgehead atoms. The summed E-state index contributed by atoms with van der Waals surface area (Å²) in [7, 11) is 6.85. The number of nitrogens with one attached hydrogen (secondary N) is 1. The molecule has 1 unspecified atom stereocenters. The van der Waals surface area contributed by atoms with Gasteiger partial charge in [-0.05, 0) is 25.2 Å². The van der Waals surface area contributed by atoms with Crippen molar-refractivity contribution in [3.63, 3.8) is 0 Å². The molecule has 4 rings (SSSR count). The van der Waals surface area contributed by atoms with E-state index in [9.17, 15) is 14.7 Å². The number of hydrogen-bond donors (Lipinski definition) is 1. The maximum Gasteiger partial charge on any atom is 0.294 e. The lowest BCUT2D eigenvalue weighted by atomic mass is 10.1. The summed E-state index contributed by atoms with van der Waals surface area (Å²) < 4.78 is 21.9.